The van der Waals surface area contributed by atoms with Crippen LogP contribution in [0, 0.1) is 23.5 Å². The molecule has 9 heteroatoms. The number of fused-ring (bicyclic) bond motifs is 1. The molecule has 1 aliphatic rings. The van der Waals surface area contributed by atoms with Crippen molar-refractivity contribution in [1.82, 2.24) is 14.9 Å². The molecule has 5 rings (SSSR count). The number of pyridine rings is 2. The van der Waals surface area contributed by atoms with Gasteiger partial charge in [-0.2, -0.15) is 0 Å². The van der Waals surface area contributed by atoms with Crippen LogP contribution in [-0.2, 0) is 4.74 Å². The fraction of sp³-hybridized carbons (Fsp3) is 0.214. The fourth-order valence-electron chi connectivity index (χ4n) is 3.95. The Morgan fingerprint density at radius 3 is 2.73 bits per heavy atom. The molecule has 1 fully saturated rings. The van der Waals surface area contributed by atoms with Crippen molar-refractivity contribution in [1.29, 1.82) is 0 Å². The molecule has 1 N–H and O–H groups in total. The summed E-state index contributed by atoms with van der Waals surface area (Å²) in [4.78, 5) is 11.4. The Bertz CT molecular complexity index is 1480. The molecule has 1 saturated heterocycles. The molecule has 2 aromatic carbocycles. The number of hydrogen-bond donors (Lipinski definition) is 1. The van der Waals surface area contributed by atoms with E-state index in [-0.39, 0.29) is 4.90 Å². The van der Waals surface area contributed by atoms with E-state index in [9.17, 15) is 8.78 Å². The van der Waals surface area contributed by atoms with Crippen molar-refractivity contribution < 1.29 is 18.3 Å². The summed E-state index contributed by atoms with van der Waals surface area (Å²) in [5.41, 5.74) is 4.08. The molecule has 2 aromatic heterocycles. The maximum absolute atomic E-state index is 14.1. The minimum Gasteiger partial charge on any atom is -0.480 e. The highest BCUT2D eigenvalue weighted by atomic mass is 32.2. The van der Waals surface area contributed by atoms with Crippen LogP contribution in [0.4, 0.5) is 14.5 Å². The van der Waals surface area contributed by atoms with Gasteiger partial charge in [0.15, 0.2) is 0 Å². The summed E-state index contributed by atoms with van der Waals surface area (Å²) in [5.74, 6) is 5.67. The first kappa shape index (κ1) is 25.0. The molecule has 3 heterocycles. The van der Waals surface area contributed by atoms with E-state index in [1.165, 1.54) is 19.2 Å². The first-order chi connectivity index (χ1) is 18.1. The maximum atomic E-state index is 14.1. The lowest BCUT2D eigenvalue weighted by molar-refractivity contribution is 0.0443. The number of methoxy groups -OCH3 is 1. The van der Waals surface area contributed by atoms with Crippen molar-refractivity contribution >= 4 is 28.5 Å². The molecule has 6 nitrogen and oxygen atoms in total. The number of anilines is 1. The van der Waals surface area contributed by atoms with Crippen LogP contribution < -0.4 is 9.46 Å². The van der Waals surface area contributed by atoms with E-state index in [1.54, 1.807) is 12.4 Å². The van der Waals surface area contributed by atoms with Crippen LogP contribution in [0.5, 0.6) is 5.88 Å². The summed E-state index contributed by atoms with van der Waals surface area (Å²) in [6.07, 6.45) is 3.48. The Balaban J connectivity index is 1.41. The number of aromatic nitrogens is 2. The topological polar surface area (TPSA) is 59.5 Å². The van der Waals surface area contributed by atoms with Crippen LogP contribution in [0.2, 0.25) is 0 Å². The van der Waals surface area contributed by atoms with Crippen LogP contribution >= 0.6 is 11.9 Å². The van der Waals surface area contributed by atoms with Crippen molar-refractivity contribution in [3.8, 4) is 28.8 Å². The fourth-order valence-corrected chi connectivity index (χ4v) is 4.61. The van der Waals surface area contributed by atoms with E-state index < -0.39 is 11.6 Å². The second-order valence-electron chi connectivity index (χ2n) is 8.34. The van der Waals surface area contributed by atoms with Crippen molar-refractivity contribution in [2.75, 3.05) is 44.7 Å². The van der Waals surface area contributed by atoms with E-state index in [0.29, 0.717) is 18.1 Å². The Morgan fingerprint density at radius 1 is 1.05 bits per heavy atom. The monoisotopic (exact) mass is 518 g/mol. The van der Waals surface area contributed by atoms with Gasteiger partial charge < -0.3 is 14.2 Å². The quantitative estimate of drug-likeness (QED) is 0.271. The average Bonchev–Trinajstić information content (AvgIpc) is 2.93. The van der Waals surface area contributed by atoms with E-state index in [0.717, 1.165) is 71.9 Å². The van der Waals surface area contributed by atoms with Crippen LogP contribution in [0.25, 0.3) is 22.0 Å². The van der Waals surface area contributed by atoms with Gasteiger partial charge in [-0.05, 0) is 53.9 Å². The first-order valence-corrected chi connectivity index (χ1v) is 12.5. The molecule has 0 radical (unpaired) electrons. The van der Waals surface area contributed by atoms with Crippen molar-refractivity contribution in [3.05, 3.63) is 78.1 Å². The van der Waals surface area contributed by atoms with Crippen LogP contribution in [0.15, 0.2) is 65.8 Å². The molecule has 4 aromatic rings. The highest BCUT2D eigenvalue weighted by molar-refractivity contribution is 8.00. The second kappa shape index (κ2) is 11.6. The lowest BCUT2D eigenvalue weighted by Crippen LogP contribution is -2.36. The summed E-state index contributed by atoms with van der Waals surface area (Å²) >= 11 is 1.02. The van der Waals surface area contributed by atoms with Gasteiger partial charge in [-0.25, -0.2) is 13.8 Å². The smallest absolute Gasteiger partial charge is 0.237 e. The number of benzene rings is 2. The molecule has 0 aliphatic carbocycles. The van der Waals surface area contributed by atoms with Gasteiger partial charge in [0.05, 0.1) is 37.3 Å². The molecule has 0 unspecified atom stereocenters. The molecular formula is C28H24F2N4O2S. The lowest BCUT2D eigenvalue weighted by atomic mass is 10.0. The minimum absolute atomic E-state index is 0.255. The van der Waals surface area contributed by atoms with Crippen molar-refractivity contribution in [2.24, 2.45) is 0 Å². The highest BCUT2D eigenvalue weighted by Gasteiger charge is 2.12. The van der Waals surface area contributed by atoms with E-state index in [4.69, 9.17) is 9.47 Å². The van der Waals surface area contributed by atoms with E-state index in [1.807, 2.05) is 30.3 Å². The maximum Gasteiger partial charge on any atom is 0.237 e. The molecule has 0 spiro atoms. The number of hydrogen-bond acceptors (Lipinski definition) is 7. The van der Waals surface area contributed by atoms with Crippen molar-refractivity contribution in [2.45, 2.75) is 4.90 Å². The number of nitrogens with one attached hydrogen (secondary N) is 1. The second-order valence-corrected chi connectivity index (χ2v) is 9.19. The molecule has 0 saturated carbocycles. The largest absolute Gasteiger partial charge is 0.480 e. The van der Waals surface area contributed by atoms with Gasteiger partial charge in [0, 0.05) is 48.1 Å². The molecule has 0 amide bonds. The predicted octanol–water partition coefficient (Wildman–Crippen LogP) is 5.39. The molecular weight excluding hydrogens is 494 g/mol. The third kappa shape index (κ3) is 6.00. The van der Waals surface area contributed by atoms with Crippen LogP contribution in [0.3, 0.4) is 0 Å². The minimum atomic E-state index is -0.648. The zero-order valence-corrected chi connectivity index (χ0v) is 20.9. The third-order valence-electron chi connectivity index (χ3n) is 5.91. The Kier molecular flexibility index (Phi) is 7.80. The Labute approximate surface area is 218 Å². The van der Waals surface area contributed by atoms with Crippen LogP contribution in [0.1, 0.15) is 5.56 Å². The average molecular weight is 519 g/mol. The van der Waals surface area contributed by atoms with Gasteiger partial charge in [0.1, 0.15) is 17.3 Å². The zero-order valence-electron chi connectivity index (χ0n) is 20.1. The summed E-state index contributed by atoms with van der Waals surface area (Å²) in [6.45, 7) is 3.96. The van der Waals surface area contributed by atoms with Crippen molar-refractivity contribution in [3.63, 3.8) is 0 Å². The molecule has 1 aliphatic heterocycles. The van der Waals surface area contributed by atoms with E-state index >= 15 is 0 Å². The summed E-state index contributed by atoms with van der Waals surface area (Å²) in [6, 6.07) is 13.2. The van der Waals surface area contributed by atoms with Gasteiger partial charge in [-0.15, -0.1) is 0 Å². The number of morpholine rings is 1. The Morgan fingerprint density at radius 2 is 1.92 bits per heavy atom. The van der Waals surface area contributed by atoms with Gasteiger partial charge in [0.2, 0.25) is 5.88 Å². The molecule has 188 valence electrons. The lowest BCUT2D eigenvalue weighted by Gasteiger charge is -2.24. The summed E-state index contributed by atoms with van der Waals surface area (Å²) in [5, 5.41) is 0.947. The Hall–Kier alpha value is -3.71. The predicted molar refractivity (Wildman–Crippen MR) is 142 cm³/mol. The summed E-state index contributed by atoms with van der Waals surface area (Å²) in [7, 11) is 1.51. The SMILES string of the molecule is COc1ncc(-c2ccc3nccc(C#CCN4CCOCC4)c3c2)cc1NSc1ccc(F)cc1F. The van der Waals surface area contributed by atoms with Gasteiger partial charge in [-0.3, -0.25) is 9.88 Å². The van der Waals surface area contributed by atoms with Gasteiger partial charge >= 0.3 is 0 Å². The highest BCUT2D eigenvalue weighted by Crippen LogP contribution is 2.33. The number of nitrogens with zero attached hydrogens (tertiary/aromatic N) is 3. The zero-order chi connectivity index (χ0) is 25.6. The number of rotatable bonds is 6. The van der Waals surface area contributed by atoms with Crippen LogP contribution in [-0.4, -0.2) is 54.8 Å². The van der Waals surface area contributed by atoms with E-state index in [2.05, 4.69) is 31.4 Å². The number of ether oxygens (including phenoxy) is 2. The third-order valence-corrected chi connectivity index (χ3v) is 6.79. The normalized spacial score (nSPS) is 13.7. The molecule has 0 atom stereocenters. The first-order valence-electron chi connectivity index (χ1n) is 11.7. The van der Waals surface area contributed by atoms with Gasteiger partial charge in [-0.1, -0.05) is 17.9 Å². The number of halogens is 2. The summed E-state index contributed by atoms with van der Waals surface area (Å²) < 4.78 is 41.2. The molecule has 37 heavy (non-hydrogen) atoms. The standard InChI is InChI=1S/C28H24F2N4O2S/c1-35-28-26(33-37-27-7-5-22(29)17-24(27)30)16-21(18-32-28)20-4-6-25-23(15-20)19(8-9-31-25)3-2-10-34-11-13-36-14-12-34/h4-9,15-18,33H,10-14H2,1H3. The molecule has 0 bridgehead atoms. The van der Waals surface area contributed by atoms with Gasteiger partial charge in [0.25, 0.3) is 0 Å².